The Kier molecular flexibility index (Phi) is 3.93. The quantitative estimate of drug-likeness (QED) is 0.740. The maximum Gasteiger partial charge on any atom is 0.102 e. The molecule has 72 valence electrons. The lowest BCUT2D eigenvalue weighted by Gasteiger charge is -2.07. The fraction of sp³-hybridized carbons (Fsp3) is 0.455. The molecule has 0 saturated carbocycles. The van der Waals surface area contributed by atoms with Crippen molar-refractivity contribution in [2.75, 3.05) is 6.61 Å². The molecule has 0 aliphatic heterocycles. The van der Waals surface area contributed by atoms with E-state index in [1.54, 1.807) is 0 Å². The van der Waals surface area contributed by atoms with Crippen molar-refractivity contribution in [1.82, 2.24) is 0 Å². The van der Waals surface area contributed by atoms with Gasteiger partial charge in [0.15, 0.2) is 0 Å². The minimum absolute atomic E-state index is 0.215. The van der Waals surface area contributed by atoms with E-state index in [-0.39, 0.29) is 6.61 Å². The summed E-state index contributed by atoms with van der Waals surface area (Å²) in [6.45, 7) is 1.92. The molecule has 0 saturated heterocycles. The van der Waals surface area contributed by atoms with Crippen molar-refractivity contribution in [3.63, 3.8) is 0 Å². The summed E-state index contributed by atoms with van der Waals surface area (Å²) >= 11 is 0. The zero-order valence-corrected chi connectivity index (χ0v) is 7.90. The van der Waals surface area contributed by atoms with E-state index < -0.39 is 6.10 Å². The van der Waals surface area contributed by atoms with Crippen LogP contribution < -0.4 is 0 Å². The highest BCUT2D eigenvalue weighted by molar-refractivity contribution is 5.24. The highest BCUT2D eigenvalue weighted by Gasteiger charge is 2.04. The van der Waals surface area contributed by atoms with Gasteiger partial charge in [0.25, 0.3) is 0 Å². The van der Waals surface area contributed by atoms with Crippen molar-refractivity contribution in [2.45, 2.75) is 25.9 Å². The Hall–Kier alpha value is -0.860. The van der Waals surface area contributed by atoms with Crippen LogP contribution in [0.15, 0.2) is 24.3 Å². The molecule has 1 rings (SSSR count). The monoisotopic (exact) mass is 180 g/mol. The van der Waals surface area contributed by atoms with Crippen LogP contribution in [0.3, 0.4) is 0 Å². The number of aliphatic hydroxyl groups is 2. The second kappa shape index (κ2) is 5.00. The predicted octanol–water partition coefficient (Wildman–Crippen LogP) is 1.66. The summed E-state index contributed by atoms with van der Waals surface area (Å²) in [6.07, 6.45) is 1.45. The maximum atomic E-state index is 9.30. The third-order valence-electron chi connectivity index (χ3n) is 2.08. The van der Waals surface area contributed by atoms with Crippen LogP contribution in [0.2, 0.25) is 0 Å². The third-order valence-corrected chi connectivity index (χ3v) is 2.08. The molecular weight excluding hydrogens is 164 g/mol. The Labute approximate surface area is 78.8 Å². The summed E-state index contributed by atoms with van der Waals surface area (Å²) in [5.41, 5.74) is 2.05. The van der Waals surface area contributed by atoms with Crippen LogP contribution in [0.25, 0.3) is 0 Å². The van der Waals surface area contributed by atoms with E-state index in [4.69, 9.17) is 5.11 Å². The number of hydrogen-bond donors (Lipinski definition) is 2. The van der Waals surface area contributed by atoms with Crippen LogP contribution in [-0.2, 0) is 6.42 Å². The van der Waals surface area contributed by atoms with Crippen LogP contribution >= 0.6 is 0 Å². The Bertz CT molecular complexity index is 241. The summed E-state index contributed by atoms with van der Waals surface area (Å²) in [6, 6.07) is 7.73. The minimum Gasteiger partial charge on any atom is -0.393 e. The molecule has 0 heterocycles. The average molecular weight is 180 g/mol. The van der Waals surface area contributed by atoms with Gasteiger partial charge in [0, 0.05) is 0 Å². The number of rotatable bonds is 4. The van der Waals surface area contributed by atoms with Crippen molar-refractivity contribution < 1.29 is 10.2 Å². The van der Waals surface area contributed by atoms with E-state index in [0.29, 0.717) is 0 Å². The van der Waals surface area contributed by atoms with Gasteiger partial charge in [-0.25, -0.2) is 0 Å². The second-order valence-corrected chi connectivity index (χ2v) is 3.19. The van der Waals surface area contributed by atoms with Gasteiger partial charge in [0.05, 0.1) is 6.61 Å². The zero-order chi connectivity index (χ0) is 9.68. The molecular formula is C11H16O2. The van der Waals surface area contributed by atoms with Gasteiger partial charge in [-0.15, -0.1) is 0 Å². The van der Waals surface area contributed by atoms with Crippen molar-refractivity contribution in [1.29, 1.82) is 0 Å². The number of hydrogen-bond acceptors (Lipinski definition) is 2. The van der Waals surface area contributed by atoms with E-state index in [1.807, 2.05) is 24.3 Å². The zero-order valence-electron chi connectivity index (χ0n) is 7.90. The van der Waals surface area contributed by atoms with Gasteiger partial charge in [-0.1, -0.05) is 37.6 Å². The largest absolute Gasteiger partial charge is 0.393 e. The van der Waals surface area contributed by atoms with Crippen LogP contribution in [0.4, 0.5) is 0 Å². The molecule has 1 aromatic carbocycles. The Balaban J connectivity index is 2.69. The number of aryl methyl sites for hydroxylation is 1. The Morgan fingerprint density at radius 3 is 2.31 bits per heavy atom. The number of benzene rings is 1. The summed E-state index contributed by atoms with van der Waals surface area (Å²) in [5, 5.41) is 18.0. The lowest BCUT2D eigenvalue weighted by atomic mass is 10.1. The first-order chi connectivity index (χ1) is 6.27. The van der Waals surface area contributed by atoms with Gasteiger partial charge in [-0.3, -0.25) is 0 Å². The molecule has 0 aromatic heterocycles. The van der Waals surface area contributed by atoms with E-state index in [2.05, 4.69) is 6.92 Å². The first-order valence-corrected chi connectivity index (χ1v) is 4.65. The summed E-state index contributed by atoms with van der Waals surface area (Å²) < 4.78 is 0. The van der Waals surface area contributed by atoms with E-state index in [1.165, 1.54) is 5.56 Å². The summed E-state index contributed by atoms with van der Waals surface area (Å²) in [4.78, 5) is 0. The molecule has 0 amide bonds. The minimum atomic E-state index is -0.740. The highest BCUT2D eigenvalue weighted by atomic mass is 16.3. The molecule has 2 N–H and O–H groups in total. The average Bonchev–Trinajstić information content (AvgIpc) is 2.18. The van der Waals surface area contributed by atoms with Crippen molar-refractivity contribution in [3.8, 4) is 0 Å². The normalized spacial score (nSPS) is 12.8. The summed E-state index contributed by atoms with van der Waals surface area (Å²) in [5.74, 6) is 0. The standard InChI is InChI=1S/C11H16O2/c1-2-3-9-4-6-10(7-5-9)11(13)8-12/h4-7,11-13H,2-3,8H2,1H3. The lowest BCUT2D eigenvalue weighted by Crippen LogP contribution is -2.02. The van der Waals surface area contributed by atoms with Gasteiger partial charge in [-0.05, 0) is 17.5 Å². The van der Waals surface area contributed by atoms with E-state index in [0.717, 1.165) is 18.4 Å². The van der Waals surface area contributed by atoms with Crippen LogP contribution in [0, 0.1) is 0 Å². The van der Waals surface area contributed by atoms with Gasteiger partial charge in [0.1, 0.15) is 6.10 Å². The van der Waals surface area contributed by atoms with Crippen molar-refractivity contribution in [2.24, 2.45) is 0 Å². The van der Waals surface area contributed by atoms with Gasteiger partial charge >= 0.3 is 0 Å². The van der Waals surface area contributed by atoms with Crippen LogP contribution in [-0.4, -0.2) is 16.8 Å². The fourth-order valence-corrected chi connectivity index (χ4v) is 1.30. The molecule has 2 nitrogen and oxygen atoms in total. The molecule has 0 aliphatic rings. The molecule has 0 fully saturated rings. The second-order valence-electron chi connectivity index (χ2n) is 3.19. The van der Waals surface area contributed by atoms with Crippen LogP contribution in [0.5, 0.6) is 0 Å². The van der Waals surface area contributed by atoms with Crippen molar-refractivity contribution >= 4 is 0 Å². The first-order valence-electron chi connectivity index (χ1n) is 4.65. The SMILES string of the molecule is CCCc1ccc(C(O)CO)cc1. The highest BCUT2D eigenvalue weighted by Crippen LogP contribution is 2.13. The molecule has 1 unspecified atom stereocenters. The molecule has 1 aromatic rings. The van der Waals surface area contributed by atoms with Crippen molar-refractivity contribution in [3.05, 3.63) is 35.4 Å². The van der Waals surface area contributed by atoms with E-state index in [9.17, 15) is 5.11 Å². The Morgan fingerprint density at radius 2 is 1.85 bits per heavy atom. The molecule has 0 aliphatic carbocycles. The topological polar surface area (TPSA) is 40.5 Å². The fourth-order valence-electron chi connectivity index (χ4n) is 1.30. The van der Waals surface area contributed by atoms with Gasteiger partial charge in [0.2, 0.25) is 0 Å². The smallest absolute Gasteiger partial charge is 0.102 e. The summed E-state index contributed by atoms with van der Waals surface area (Å²) in [7, 11) is 0. The molecule has 0 radical (unpaired) electrons. The molecule has 2 heteroatoms. The Morgan fingerprint density at radius 1 is 1.23 bits per heavy atom. The van der Waals surface area contributed by atoms with E-state index >= 15 is 0 Å². The predicted molar refractivity (Wildman–Crippen MR) is 52.5 cm³/mol. The van der Waals surface area contributed by atoms with Gasteiger partial charge < -0.3 is 10.2 Å². The lowest BCUT2D eigenvalue weighted by molar-refractivity contribution is 0.0956. The van der Waals surface area contributed by atoms with Crippen LogP contribution in [0.1, 0.15) is 30.6 Å². The first kappa shape index (κ1) is 10.2. The molecule has 0 spiro atoms. The number of aliphatic hydroxyl groups excluding tert-OH is 2. The molecule has 0 bridgehead atoms. The maximum absolute atomic E-state index is 9.30. The van der Waals surface area contributed by atoms with Gasteiger partial charge in [-0.2, -0.15) is 0 Å². The third kappa shape index (κ3) is 2.83. The molecule has 13 heavy (non-hydrogen) atoms. The molecule has 1 atom stereocenters.